The van der Waals surface area contributed by atoms with Gasteiger partial charge in [-0.05, 0) is 43.4 Å². The summed E-state index contributed by atoms with van der Waals surface area (Å²) in [6.45, 7) is 1.11. The molecule has 1 saturated heterocycles. The van der Waals surface area contributed by atoms with Gasteiger partial charge in [-0.3, -0.25) is 14.5 Å². The molecule has 1 aliphatic carbocycles. The number of rotatable bonds is 7. The Balaban J connectivity index is 1.49. The van der Waals surface area contributed by atoms with Crippen LogP contribution in [0.4, 0.5) is 4.79 Å². The van der Waals surface area contributed by atoms with Gasteiger partial charge in [-0.25, -0.2) is 4.79 Å². The molecular weight excluding hydrogens is 382 g/mol. The normalized spacial score (nSPS) is 24.5. The van der Waals surface area contributed by atoms with Gasteiger partial charge >= 0.3 is 6.03 Å². The molecule has 152 valence electrons. The third kappa shape index (κ3) is 4.83. The minimum Gasteiger partial charge on any atom is -0.383 e. The van der Waals surface area contributed by atoms with E-state index in [1.54, 1.807) is 0 Å². The molecule has 3 rings (SSSR count). The Kier molecular flexibility index (Phi) is 6.91. The smallest absolute Gasteiger partial charge is 0.324 e. The van der Waals surface area contributed by atoms with Gasteiger partial charge in [0.05, 0.1) is 19.1 Å². The molecule has 1 heterocycles. The molecule has 7 nitrogen and oxygen atoms in total. The molecule has 3 atom stereocenters. The number of hydrogen-bond donors (Lipinski definition) is 2. The van der Waals surface area contributed by atoms with Crippen molar-refractivity contribution < 1.29 is 19.1 Å². The van der Waals surface area contributed by atoms with Crippen LogP contribution in [0.1, 0.15) is 24.8 Å². The van der Waals surface area contributed by atoms with Crippen LogP contribution >= 0.6 is 11.6 Å². The first-order valence-corrected chi connectivity index (χ1v) is 10.0. The molecule has 8 heteroatoms. The Morgan fingerprint density at radius 1 is 1.29 bits per heavy atom. The average Bonchev–Trinajstić information content (AvgIpc) is 2.69. The Morgan fingerprint density at radius 2 is 2.04 bits per heavy atom. The lowest BCUT2D eigenvalue weighted by molar-refractivity contribution is -0.139. The number of amides is 4. The maximum absolute atomic E-state index is 12.6. The largest absolute Gasteiger partial charge is 0.383 e. The Labute approximate surface area is 169 Å². The van der Waals surface area contributed by atoms with Crippen molar-refractivity contribution in [1.29, 1.82) is 0 Å². The van der Waals surface area contributed by atoms with Gasteiger partial charge in [0.25, 0.3) is 0 Å². The van der Waals surface area contributed by atoms with E-state index in [1.165, 1.54) is 12.0 Å². The number of ether oxygens (including phenoxy) is 1. The third-order valence-corrected chi connectivity index (χ3v) is 5.76. The number of hydrogen-bond acceptors (Lipinski definition) is 4. The van der Waals surface area contributed by atoms with Crippen molar-refractivity contribution in [1.82, 2.24) is 15.5 Å². The van der Waals surface area contributed by atoms with E-state index in [9.17, 15) is 14.4 Å². The zero-order valence-corrected chi connectivity index (χ0v) is 16.7. The fourth-order valence-corrected chi connectivity index (χ4v) is 4.05. The van der Waals surface area contributed by atoms with E-state index >= 15 is 0 Å². The highest BCUT2D eigenvalue weighted by Crippen LogP contribution is 2.33. The second-order valence-electron chi connectivity index (χ2n) is 7.32. The summed E-state index contributed by atoms with van der Waals surface area (Å²) in [6, 6.07) is 6.87. The maximum atomic E-state index is 12.6. The number of urea groups is 1. The number of carbonyl (C=O) groups excluding carboxylic acids is 3. The fraction of sp³-hybridized carbons (Fsp3) is 0.550. The van der Waals surface area contributed by atoms with E-state index in [0.29, 0.717) is 37.4 Å². The zero-order chi connectivity index (χ0) is 20.1. The van der Waals surface area contributed by atoms with Crippen LogP contribution in [0.2, 0.25) is 5.02 Å². The summed E-state index contributed by atoms with van der Waals surface area (Å²) in [6.07, 6.45) is 2.47. The van der Waals surface area contributed by atoms with Crippen molar-refractivity contribution in [3.63, 3.8) is 0 Å². The minimum absolute atomic E-state index is 0.0177. The maximum Gasteiger partial charge on any atom is 0.324 e. The lowest BCUT2D eigenvalue weighted by Crippen LogP contribution is -2.62. The van der Waals surface area contributed by atoms with Gasteiger partial charge in [0.15, 0.2) is 0 Å². The average molecular weight is 408 g/mol. The highest BCUT2D eigenvalue weighted by molar-refractivity contribution is 6.30. The second kappa shape index (κ2) is 9.39. The van der Waals surface area contributed by atoms with Crippen LogP contribution in [-0.4, -0.2) is 55.6 Å². The summed E-state index contributed by atoms with van der Waals surface area (Å²) in [5.74, 6) is -0.624. The highest BCUT2D eigenvalue weighted by Gasteiger charge is 2.45. The van der Waals surface area contributed by atoms with Gasteiger partial charge in [0.2, 0.25) is 11.8 Å². The molecule has 1 aromatic carbocycles. The van der Waals surface area contributed by atoms with E-state index in [1.807, 2.05) is 24.3 Å². The summed E-state index contributed by atoms with van der Waals surface area (Å²) in [7, 11) is 1.53. The van der Waals surface area contributed by atoms with E-state index in [-0.39, 0.29) is 36.2 Å². The summed E-state index contributed by atoms with van der Waals surface area (Å²) in [5, 5.41) is 6.56. The van der Waals surface area contributed by atoms with Crippen molar-refractivity contribution in [2.45, 2.75) is 31.7 Å². The molecule has 1 aliphatic heterocycles. The number of carbonyl (C=O) groups is 3. The molecule has 4 amide bonds. The number of fused-ring (bicyclic) bond motifs is 1. The van der Waals surface area contributed by atoms with Crippen molar-refractivity contribution in [3.8, 4) is 0 Å². The molecule has 0 bridgehead atoms. The molecule has 28 heavy (non-hydrogen) atoms. The van der Waals surface area contributed by atoms with Crippen molar-refractivity contribution in [2.24, 2.45) is 11.8 Å². The highest BCUT2D eigenvalue weighted by atomic mass is 35.5. The van der Waals surface area contributed by atoms with Gasteiger partial charge in [0, 0.05) is 30.6 Å². The summed E-state index contributed by atoms with van der Waals surface area (Å²) in [5.41, 5.74) is 1.11. The molecule has 3 unspecified atom stereocenters. The number of imide groups is 1. The van der Waals surface area contributed by atoms with Gasteiger partial charge in [-0.15, -0.1) is 0 Å². The molecule has 1 aromatic rings. The number of benzene rings is 1. The zero-order valence-electron chi connectivity index (χ0n) is 15.9. The van der Waals surface area contributed by atoms with Gasteiger partial charge < -0.3 is 15.4 Å². The number of halogens is 1. The topological polar surface area (TPSA) is 87.7 Å². The molecule has 0 spiro atoms. The summed E-state index contributed by atoms with van der Waals surface area (Å²) < 4.78 is 4.97. The molecule has 0 radical (unpaired) electrons. The van der Waals surface area contributed by atoms with Crippen LogP contribution in [0, 0.1) is 11.8 Å². The van der Waals surface area contributed by atoms with Gasteiger partial charge in [0.1, 0.15) is 0 Å². The van der Waals surface area contributed by atoms with Crippen molar-refractivity contribution in [3.05, 3.63) is 34.9 Å². The number of nitrogens with one attached hydrogen (secondary N) is 2. The monoisotopic (exact) mass is 407 g/mol. The predicted molar refractivity (Wildman–Crippen MR) is 105 cm³/mol. The molecule has 1 saturated carbocycles. The van der Waals surface area contributed by atoms with E-state index < -0.39 is 6.03 Å². The summed E-state index contributed by atoms with van der Waals surface area (Å²) in [4.78, 5) is 38.6. The van der Waals surface area contributed by atoms with Crippen molar-refractivity contribution >= 4 is 29.4 Å². The molecule has 2 aliphatic rings. The van der Waals surface area contributed by atoms with Crippen LogP contribution in [0.15, 0.2) is 24.3 Å². The van der Waals surface area contributed by atoms with Crippen LogP contribution in [0.25, 0.3) is 0 Å². The first kappa shape index (κ1) is 20.6. The quantitative estimate of drug-likeness (QED) is 0.723. The van der Waals surface area contributed by atoms with Gasteiger partial charge in [-0.1, -0.05) is 23.7 Å². The Hall–Kier alpha value is -2.12. The number of nitrogens with zero attached hydrogens (tertiary/aromatic N) is 1. The van der Waals surface area contributed by atoms with Crippen LogP contribution in [0.5, 0.6) is 0 Å². The van der Waals surface area contributed by atoms with Crippen LogP contribution in [0.3, 0.4) is 0 Å². The first-order chi connectivity index (χ1) is 13.5. The lowest BCUT2D eigenvalue weighted by atomic mass is 9.76. The SMILES string of the molecule is COCCN1C(=O)NC2CC(C(=O)NCCc3ccc(Cl)cc3)CCC2C1=O. The van der Waals surface area contributed by atoms with E-state index in [2.05, 4.69) is 10.6 Å². The standard InChI is InChI=1S/C20H26ClN3O4/c1-28-11-10-24-19(26)16-7-4-14(12-17(16)23-20(24)27)18(25)22-9-8-13-2-5-15(21)6-3-13/h2-3,5-6,14,16-17H,4,7-12H2,1H3,(H,22,25)(H,23,27). The summed E-state index contributed by atoms with van der Waals surface area (Å²) >= 11 is 5.88. The minimum atomic E-state index is -0.396. The lowest BCUT2D eigenvalue weighted by Gasteiger charge is -2.41. The molecule has 0 aromatic heterocycles. The molecule has 2 fully saturated rings. The van der Waals surface area contributed by atoms with E-state index in [4.69, 9.17) is 16.3 Å². The molecule has 2 N–H and O–H groups in total. The van der Waals surface area contributed by atoms with Crippen molar-refractivity contribution in [2.75, 3.05) is 26.8 Å². The first-order valence-electron chi connectivity index (χ1n) is 9.62. The predicted octanol–water partition coefficient (Wildman–Crippen LogP) is 1.98. The fourth-order valence-electron chi connectivity index (χ4n) is 3.92. The van der Waals surface area contributed by atoms with Crippen LogP contribution < -0.4 is 10.6 Å². The third-order valence-electron chi connectivity index (χ3n) is 5.50. The Morgan fingerprint density at radius 3 is 2.75 bits per heavy atom. The Bertz CT molecular complexity index is 725. The van der Waals surface area contributed by atoms with Gasteiger partial charge in [-0.2, -0.15) is 0 Å². The number of methoxy groups -OCH3 is 1. The molecular formula is C20H26ClN3O4. The van der Waals surface area contributed by atoms with E-state index in [0.717, 1.165) is 12.0 Å². The second-order valence-corrected chi connectivity index (χ2v) is 7.76. The van der Waals surface area contributed by atoms with Crippen LogP contribution in [-0.2, 0) is 20.7 Å².